The highest BCUT2D eigenvalue weighted by Crippen LogP contribution is 2.34. The summed E-state index contributed by atoms with van der Waals surface area (Å²) in [6.07, 6.45) is 4.95. The van der Waals surface area contributed by atoms with Crippen LogP contribution in [0.3, 0.4) is 0 Å². The van der Waals surface area contributed by atoms with E-state index in [-0.39, 0.29) is 11.7 Å². The number of aromatic nitrogens is 1. The minimum absolute atomic E-state index is 0.293. The van der Waals surface area contributed by atoms with E-state index < -0.39 is 0 Å². The number of amides is 1. The first-order valence-electron chi connectivity index (χ1n) is 10.0. The van der Waals surface area contributed by atoms with Gasteiger partial charge in [0.05, 0.1) is 0 Å². The monoisotopic (exact) mass is 382 g/mol. The Balaban J connectivity index is 1.41. The molecule has 1 aliphatic carbocycles. The van der Waals surface area contributed by atoms with Gasteiger partial charge in [-0.3, -0.25) is 9.69 Å². The fourth-order valence-corrected chi connectivity index (χ4v) is 4.13. The van der Waals surface area contributed by atoms with Gasteiger partial charge in [-0.1, -0.05) is 6.07 Å². The summed E-state index contributed by atoms with van der Waals surface area (Å²) in [5.74, 6) is 0.704. The van der Waals surface area contributed by atoms with E-state index in [1.54, 1.807) is 6.07 Å². The predicted molar refractivity (Wildman–Crippen MR) is 109 cm³/mol. The average molecular weight is 382 g/mol. The van der Waals surface area contributed by atoms with Gasteiger partial charge in [0.1, 0.15) is 17.5 Å². The minimum atomic E-state index is -0.361. The highest BCUT2D eigenvalue weighted by molar-refractivity contribution is 6.03. The zero-order valence-electron chi connectivity index (χ0n) is 16.4. The lowest BCUT2D eigenvalue weighted by Crippen LogP contribution is -2.49. The fraction of sp³-hybridized carbons (Fsp3) is 0.455. The maximum Gasteiger partial charge on any atom is 0.256 e. The van der Waals surface area contributed by atoms with Crippen molar-refractivity contribution >= 4 is 17.5 Å². The van der Waals surface area contributed by atoms with Crippen LogP contribution in [0.5, 0.6) is 0 Å². The molecule has 1 saturated carbocycles. The third kappa shape index (κ3) is 4.17. The van der Waals surface area contributed by atoms with E-state index in [0.717, 1.165) is 31.2 Å². The summed E-state index contributed by atoms with van der Waals surface area (Å²) in [6.45, 7) is 3.47. The highest BCUT2D eigenvalue weighted by Gasteiger charge is 2.37. The normalized spacial score (nSPS) is 22.7. The zero-order chi connectivity index (χ0) is 19.7. The Bertz CT molecular complexity index is 837. The molecular weight excluding hydrogens is 355 g/mol. The molecule has 1 N–H and O–H groups in total. The van der Waals surface area contributed by atoms with Gasteiger partial charge in [-0.15, -0.1) is 0 Å². The van der Waals surface area contributed by atoms with Gasteiger partial charge in [-0.2, -0.15) is 0 Å². The van der Waals surface area contributed by atoms with Crippen LogP contribution in [0.4, 0.5) is 16.0 Å². The van der Waals surface area contributed by atoms with Gasteiger partial charge >= 0.3 is 0 Å². The lowest BCUT2D eigenvalue weighted by Gasteiger charge is -2.41. The summed E-state index contributed by atoms with van der Waals surface area (Å²) in [7, 11) is 2.08. The molecule has 2 aromatic rings. The minimum Gasteiger partial charge on any atom is -0.357 e. The number of nitrogens with one attached hydrogen (secondary N) is 1. The molecule has 0 spiro atoms. The van der Waals surface area contributed by atoms with E-state index in [9.17, 15) is 9.18 Å². The molecule has 28 heavy (non-hydrogen) atoms. The summed E-state index contributed by atoms with van der Waals surface area (Å²) in [6, 6.07) is 13.0. The standard InChI is InChI=1S/C22H27FN4O/c1-15-14-19(12-13-27(15)18-10-11-18)26(2)21-5-3-4-20(24-21)25-22(28)16-6-8-17(23)9-7-16/h3-9,15,18-19H,10-14H2,1-2H3,(H,24,25,28). The van der Waals surface area contributed by atoms with Crippen molar-refractivity contribution in [2.24, 2.45) is 0 Å². The highest BCUT2D eigenvalue weighted by atomic mass is 19.1. The summed E-state index contributed by atoms with van der Waals surface area (Å²) in [5, 5.41) is 2.81. The molecule has 5 nitrogen and oxygen atoms in total. The summed E-state index contributed by atoms with van der Waals surface area (Å²) in [4.78, 5) is 21.9. The third-order valence-corrected chi connectivity index (χ3v) is 5.91. The topological polar surface area (TPSA) is 48.5 Å². The maximum absolute atomic E-state index is 13.0. The first-order valence-corrected chi connectivity index (χ1v) is 10.0. The first-order chi connectivity index (χ1) is 13.5. The third-order valence-electron chi connectivity index (χ3n) is 5.91. The Morgan fingerprint density at radius 1 is 1.18 bits per heavy atom. The Labute approximate surface area is 165 Å². The van der Waals surface area contributed by atoms with Crippen molar-refractivity contribution in [3.8, 4) is 0 Å². The van der Waals surface area contributed by atoms with Gasteiger partial charge in [0.25, 0.3) is 5.91 Å². The second-order valence-electron chi connectivity index (χ2n) is 7.95. The van der Waals surface area contributed by atoms with Crippen LogP contribution in [-0.4, -0.2) is 47.5 Å². The zero-order valence-corrected chi connectivity index (χ0v) is 16.4. The van der Waals surface area contributed by atoms with E-state index in [4.69, 9.17) is 0 Å². The van der Waals surface area contributed by atoms with E-state index in [1.807, 2.05) is 12.1 Å². The predicted octanol–water partition coefficient (Wildman–Crippen LogP) is 3.92. The molecule has 2 fully saturated rings. The van der Waals surface area contributed by atoms with Crippen molar-refractivity contribution in [2.75, 3.05) is 23.8 Å². The molecule has 4 rings (SSSR count). The molecule has 6 heteroatoms. The van der Waals surface area contributed by atoms with Gasteiger partial charge in [0.2, 0.25) is 0 Å². The molecule has 1 aromatic heterocycles. The van der Waals surface area contributed by atoms with Crippen LogP contribution in [0, 0.1) is 5.82 Å². The number of halogens is 1. The van der Waals surface area contributed by atoms with E-state index in [1.165, 1.54) is 37.1 Å². The summed E-state index contributed by atoms with van der Waals surface area (Å²) < 4.78 is 13.0. The molecule has 1 amide bonds. The number of pyridine rings is 1. The number of piperidine rings is 1. The number of benzene rings is 1. The van der Waals surface area contributed by atoms with Crippen molar-refractivity contribution in [3.63, 3.8) is 0 Å². The number of likely N-dealkylation sites (tertiary alicyclic amines) is 1. The van der Waals surface area contributed by atoms with Gasteiger partial charge in [0, 0.05) is 37.3 Å². The van der Waals surface area contributed by atoms with Gasteiger partial charge < -0.3 is 10.2 Å². The van der Waals surface area contributed by atoms with E-state index >= 15 is 0 Å². The van der Waals surface area contributed by atoms with E-state index in [0.29, 0.717) is 23.5 Å². The Morgan fingerprint density at radius 2 is 1.93 bits per heavy atom. The van der Waals surface area contributed by atoms with Crippen molar-refractivity contribution in [3.05, 3.63) is 53.8 Å². The lowest BCUT2D eigenvalue weighted by atomic mass is 9.97. The Hall–Kier alpha value is -2.47. The SMILES string of the molecule is CC1CC(N(C)c2cccc(NC(=O)c3ccc(F)cc3)n2)CCN1C1CC1. The Morgan fingerprint density at radius 3 is 2.61 bits per heavy atom. The molecule has 0 bridgehead atoms. The van der Waals surface area contributed by atoms with Crippen LogP contribution in [0.15, 0.2) is 42.5 Å². The first kappa shape index (κ1) is 18.9. The molecule has 148 valence electrons. The summed E-state index contributed by atoms with van der Waals surface area (Å²) in [5.41, 5.74) is 0.406. The number of rotatable bonds is 5. The van der Waals surface area contributed by atoms with Crippen molar-refractivity contribution < 1.29 is 9.18 Å². The largest absolute Gasteiger partial charge is 0.357 e. The van der Waals surface area contributed by atoms with Crippen LogP contribution in [0.1, 0.15) is 43.0 Å². The molecule has 2 heterocycles. The number of carbonyl (C=O) groups excluding carboxylic acids is 1. The van der Waals surface area contributed by atoms with Gasteiger partial charge in [0.15, 0.2) is 0 Å². The van der Waals surface area contributed by atoms with Gasteiger partial charge in [-0.25, -0.2) is 9.37 Å². The molecule has 1 aromatic carbocycles. The maximum atomic E-state index is 13.0. The Kier molecular flexibility index (Phi) is 5.31. The van der Waals surface area contributed by atoms with Crippen LogP contribution in [0.2, 0.25) is 0 Å². The lowest BCUT2D eigenvalue weighted by molar-refractivity contribution is 0.102. The number of hydrogen-bond acceptors (Lipinski definition) is 4. The second kappa shape index (κ2) is 7.87. The van der Waals surface area contributed by atoms with Crippen LogP contribution >= 0.6 is 0 Å². The molecule has 2 unspecified atom stereocenters. The molecule has 2 aliphatic rings. The van der Waals surface area contributed by atoms with Crippen molar-refractivity contribution in [1.82, 2.24) is 9.88 Å². The fourth-order valence-electron chi connectivity index (χ4n) is 4.13. The number of hydrogen-bond donors (Lipinski definition) is 1. The van der Waals surface area contributed by atoms with Crippen molar-refractivity contribution in [2.45, 2.75) is 50.7 Å². The number of carbonyl (C=O) groups is 1. The van der Waals surface area contributed by atoms with Crippen LogP contribution < -0.4 is 10.2 Å². The van der Waals surface area contributed by atoms with Crippen molar-refractivity contribution in [1.29, 1.82) is 0 Å². The molecule has 1 aliphatic heterocycles. The van der Waals surface area contributed by atoms with Crippen LogP contribution in [-0.2, 0) is 0 Å². The number of nitrogens with zero attached hydrogens (tertiary/aromatic N) is 3. The second-order valence-corrected chi connectivity index (χ2v) is 7.95. The van der Waals surface area contributed by atoms with E-state index in [2.05, 4.69) is 34.1 Å². The smallest absolute Gasteiger partial charge is 0.256 e. The molecule has 0 radical (unpaired) electrons. The van der Waals surface area contributed by atoms with Crippen LogP contribution in [0.25, 0.3) is 0 Å². The number of anilines is 2. The summed E-state index contributed by atoms with van der Waals surface area (Å²) >= 11 is 0. The molecule has 1 saturated heterocycles. The molecule has 2 atom stereocenters. The molecular formula is C22H27FN4O. The average Bonchev–Trinajstić information content (AvgIpc) is 3.53. The van der Waals surface area contributed by atoms with Gasteiger partial charge in [-0.05, 0) is 69.0 Å². The quantitative estimate of drug-likeness (QED) is 0.851.